The third-order valence-corrected chi connectivity index (χ3v) is 3.82. The molecule has 3 heteroatoms. The van der Waals surface area contributed by atoms with Crippen molar-refractivity contribution in [2.24, 2.45) is 0 Å². The minimum atomic E-state index is 0.525. The first kappa shape index (κ1) is 10.8. The quantitative estimate of drug-likeness (QED) is 0.851. The van der Waals surface area contributed by atoms with Crippen LogP contribution in [0.4, 0.5) is 0 Å². The van der Waals surface area contributed by atoms with Crippen LogP contribution in [0.5, 0.6) is 5.75 Å². The number of methoxy groups -OCH3 is 1. The fraction of sp³-hybridized carbons (Fsp3) is 0.500. The van der Waals surface area contributed by atoms with E-state index < -0.39 is 0 Å². The molecule has 15 heavy (non-hydrogen) atoms. The molecule has 1 aromatic carbocycles. The summed E-state index contributed by atoms with van der Waals surface area (Å²) in [4.78, 5) is 1.37. The highest BCUT2D eigenvalue weighted by molar-refractivity contribution is 7.99. The molecule has 1 aromatic rings. The summed E-state index contributed by atoms with van der Waals surface area (Å²) in [5.41, 5.74) is 1.42. The number of hydrogen-bond acceptors (Lipinski definition) is 3. The average molecular weight is 223 g/mol. The number of benzene rings is 1. The van der Waals surface area contributed by atoms with Crippen LogP contribution < -0.4 is 10.1 Å². The largest absolute Gasteiger partial charge is 0.497 e. The van der Waals surface area contributed by atoms with Crippen LogP contribution in [0.2, 0.25) is 0 Å². The molecule has 0 fully saturated rings. The molecule has 1 heterocycles. The second-order valence-corrected chi connectivity index (χ2v) is 4.79. The SMILES string of the molecule is CCNC1CCSc2cc(OC)ccc21. The van der Waals surface area contributed by atoms with Gasteiger partial charge in [-0.25, -0.2) is 0 Å². The van der Waals surface area contributed by atoms with E-state index in [-0.39, 0.29) is 0 Å². The lowest BCUT2D eigenvalue weighted by Gasteiger charge is -2.25. The fourth-order valence-corrected chi connectivity index (χ4v) is 3.11. The molecule has 0 spiro atoms. The molecule has 2 nitrogen and oxygen atoms in total. The van der Waals surface area contributed by atoms with Crippen molar-refractivity contribution < 1.29 is 4.74 Å². The molecule has 0 radical (unpaired) electrons. The Morgan fingerprint density at radius 3 is 3.13 bits per heavy atom. The maximum Gasteiger partial charge on any atom is 0.119 e. The van der Waals surface area contributed by atoms with Crippen LogP contribution in [0.3, 0.4) is 0 Å². The standard InChI is InChI=1S/C12H17NOS/c1-3-13-11-6-7-15-12-8-9(14-2)4-5-10(11)12/h4-5,8,11,13H,3,6-7H2,1-2H3. The average Bonchev–Trinajstić information content (AvgIpc) is 2.29. The molecule has 1 aliphatic rings. The molecule has 1 unspecified atom stereocenters. The molecule has 0 bridgehead atoms. The Morgan fingerprint density at radius 1 is 1.53 bits per heavy atom. The summed E-state index contributed by atoms with van der Waals surface area (Å²) in [6.07, 6.45) is 1.22. The van der Waals surface area contributed by atoms with Crippen molar-refractivity contribution in [3.63, 3.8) is 0 Å². The number of ether oxygens (including phenoxy) is 1. The smallest absolute Gasteiger partial charge is 0.119 e. The van der Waals surface area contributed by atoms with Crippen LogP contribution >= 0.6 is 11.8 Å². The van der Waals surface area contributed by atoms with E-state index >= 15 is 0 Å². The van der Waals surface area contributed by atoms with Gasteiger partial charge in [-0.3, -0.25) is 0 Å². The Balaban J connectivity index is 2.28. The fourth-order valence-electron chi connectivity index (χ4n) is 1.96. The topological polar surface area (TPSA) is 21.3 Å². The van der Waals surface area contributed by atoms with E-state index in [0.717, 1.165) is 12.3 Å². The highest BCUT2D eigenvalue weighted by atomic mass is 32.2. The normalized spacial score (nSPS) is 19.7. The van der Waals surface area contributed by atoms with Gasteiger partial charge in [-0.1, -0.05) is 13.0 Å². The third kappa shape index (κ3) is 2.29. The first-order valence-electron chi connectivity index (χ1n) is 5.39. The predicted octanol–water partition coefficient (Wildman–Crippen LogP) is 2.84. The molecule has 0 aromatic heterocycles. The number of fused-ring (bicyclic) bond motifs is 1. The van der Waals surface area contributed by atoms with E-state index in [1.165, 1.54) is 22.6 Å². The molecular formula is C12H17NOS. The minimum absolute atomic E-state index is 0.525. The van der Waals surface area contributed by atoms with Gasteiger partial charge in [0.25, 0.3) is 0 Å². The van der Waals surface area contributed by atoms with Crippen molar-refractivity contribution in [1.82, 2.24) is 5.32 Å². The van der Waals surface area contributed by atoms with Gasteiger partial charge in [0.1, 0.15) is 5.75 Å². The van der Waals surface area contributed by atoms with Crippen LogP contribution in [0, 0.1) is 0 Å². The van der Waals surface area contributed by atoms with Gasteiger partial charge in [0.2, 0.25) is 0 Å². The van der Waals surface area contributed by atoms with E-state index in [1.54, 1.807) is 7.11 Å². The van der Waals surface area contributed by atoms with Crippen LogP contribution in [-0.4, -0.2) is 19.4 Å². The molecular weight excluding hydrogens is 206 g/mol. The number of nitrogens with one attached hydrogen (secondary N) is 1. The van der Waals surface area contributed by atoms with E-state index in [9.17, 15) is 0 Å². The summed E-state index contributed by atoms with van der Waals surface area (Å²) < 4.78 is 5.24. The third-order valence-electron chi connectivity index (χ3n) is 2.71. The zero-order valence-corrected chi connectivity index (χ0v) is 10.1. The summed E-state index contributed by atoms with van der Waals surface area (Å²) in [6.45, 7) is 3.19. The van der Waals surface area contributed by atoms with Crippen molar-refractivity contribution in [2.75, 3.05) is 19.4 Å². The molecule has 0 saturated heterocycles. The van der Waals surface area contributed by atoms with Crippen LogP contribution in [-0.2, 0) is 0 Å². The van der Waals surface area contributed by atoms with Crippen LogP contribution in [0.25, 0.3) is 0 Å². The first-order valence-corrected chi connectivity index (χ1v) is 6.38. The second-order valence-electron chi connectivity index (χ2n) is 3.65. The van der Waals surface area contributed by atoms with Crippen molar-refractivity contribution in [1.29, 1.82) is 0 Å². The van der Waals surface area contributed by atoms with Gasteiger partial charge in [0, 0.05) is 10.9 Å². The van der Waals surface area contributed by atoms with E-state index in [4.69, 9.17) is 4.74 Å². The summed E-state index contributed by atoms with van der Waals surface area (Å²) in [7, 11) is 1.72. The van der Waals surface area contributed by atoms with Gasteiger partial charge >= 0.3 is 0 Å². The Bertz CT molecular complexity index is 340. The Kier molecular flexibility index (Phi) is 3.54. The molecule has 82 valence electrons. The number of thioether (sulfide) groups is 1. The zero-order chi connectivity index (χ0) is 10.7. The summed E-state index contributed by atoms with van der Waals surface area (Å²) in [5, 5.41) is 3.52. The monoisotopic (exact) mass is 223 g/mol. The minimum Gasteiger partial charge on any atom is -0.497 e. The Hall–Kier alpha value is -0.670. The van der Waals surface area contributed by atoms with E-state index in [0.29, 0.717) is 6.04 Å². The lowest BCUT2D eigenvalue weighted by molar-refractivity contribution is 0.412. The molecule has 1 atom stereocenters. The van der Waals surface area contributed by atoms with Gasteiger partial charge in [0.15, 0.2) is 0 Å². The van der Waals surface area contributed by atoms with E-state index in [2.05, 4.69) is 30.4 Å². The predicted molar refractivity (Wildman–Crippen MR) is 64.8 cm³/mol. The summed E-state index contributed by atoms with van der Waals surface area (Å²) in [5.74, 6) is 2.15. The highest BCUT2D eigenvalue weighted by Crippen LogP contribution is 2.37. The van der Waals surface area contributed by atoms with Crippen LogP contribution in [0.15, 0.2) is 23.1 Å². The molecule has 0 amide bonds. The first-order chi connectivity index (χ1) is 7.35. The summed E-state index contributed by atoms with van der Waals surface area (Å²) in [6, 6.07) is 6.91. The highest BCUT2D eigenvalue weighted by Gasteiger charge is 2.19. The lowest BCUT2D eigenvalue weighted by atomic mass is 10.0. The van der Waals surface area contributed by atoms with E-state index in [1.807, 2.05) is 11.8 Å². The van der Waals surface area contributed by atoms with Crippen molar-refractivity contribution in [3.05, 3.63) is 23.8 Å². The molecule has 2 rings (SSSR count). The van der Waals surface area contributed by atoms with Crippen molar-refractivity contribution >= 4 is 11.8 Å². The molecule has 1 aliphatic heterocycles. The molecule has 0 saturated carbocycles. The second kappa shape index (κ2) is 4.90. The van der Waals surface area contributed by atoms with Crippen molar-refractivity contribution in [2.45, 2.75) is 24.3 Å². The van der Waals surface area contributed by atoms with Crippen molar-refractivity contribution in [3.8, 4) is 5.75 Å². The van der Waals surface area contributed by atoms with Gasteiger partial charge in [-0.05, 0) is 36.4 Å². The molecule has 1 N–H and O–H groups in total. The summed E-state index contributed by atoms with van der Waals surface area (Å²) >= 11 is 1.93. The van der Waals surface area contributed by atoms with Gasteiger partial charge in [-0.15, -0.1) is 11.8 Å². The maximum atomic E-state index is 5.24. The van der Waals surface area contributed by atoms with Crippen LogP contribution in [0.1, 0.15) is 24.9 Å². The molecule has 0 aliphatic carbocycles. The van der Waals surface area contributed by atoms with Gasteiger partial charge < -0.3 is 10.1 Å². The Labute approximate surface area is 95.4 Å². The number of hydrogen-bond donors (Lipinski definition) is 1. The lowest BCUT2D eigenvalue weighted by Crippen LogP contribution is -2.24. The zero-order valence-electron chi connectivity index (χ0n) is 9.25. The maximum absolute atomic E-state index is 5.24. The number of rotatable bonds is 3. The van der Waals surface area contributed by atoms with Gasteiger partial charge in [0.05, 0.1) is 7.11 Å². The van der Waals surface area contributed by atoms with Gasteiger partial charge in [-0.2, -0.15) is 0 Å². The Morgan fingerprint density at radius 2 is 2.40 bits per heavy atom.